The molecule has 0 saturated heterocycles. The second-order valence-electron chi connectivity index (χ2n) is 6.46. The van der Waals surface area contributed by atoms with Crippen LogP contribution < -0.4 is 5.73 Å². The van der Waals surface area contributed by atoms with Gasteiger partial charge in [-0.25, -0.2) is 0 Å². The van der Waals surface area contributed by atoms with Crippen molar-refractivity contribution in [2.45, 2.75) is 46.5 Å². The number of carbonyl (C=O) groups excluding carboxylic acids is 1. The van der Waals surface area contributed by atoms with Gasteiger partial charge in [-0.1, -0.05) is 20.8 Å². The molecule has 0 bridgehead atoms. The molecule has 1 fully saturated rings. The molecule has 0 aliphatic heterocycles. The Morgan fingerprint density at radius 2 is 1.76 bits per heavy atom. The molecule has 1 amide bonds. The lowest BCUT2D eigenvalue weighted by Gasteiger charge is -2.37. The van der Waals surface area contributed by atoms with Gasteiger partial charge >= 0.3 is 0 Å². The molecule has 1 aliphatic carbocycles. The maximum Gasteiger partial charge on any atom is 0.225 e. The summed E-state index contributed by atoms with van der Waals surface area (Å²) in [5, 5.41) is 0. The van der Waals surface area contributed by atoms with Gasteiger partial charge in [-0.15, -0.1) is 0 Å². The zero-order chi connectivity index (χ0) is 13.1. The van der Waals surface area contributed by atoms with Crippen LogP contribution in [0.15, 0.2) is 0 Å². The van der Waals surface area contributed by atoms with Crippen molar-refractivity contribution in [2.24, 2.45) is 23.0 Å². The summed E-state index contributed by atoms with van der Waals surface area (Å²) >= 11 is 0. The van der Waals surface area contributed by atoms with Crippen molar-refractivity contribution in [3.8, 4) is 0 Å². The van der Waals surface area contributed by atoms with E-state index < -0.39 is 0 Å². The molecule has 0 atom stereocenters. The minimum atomic E-state index is 0.241. The highest BCUT2D eigenvalue weighted by molar-refractivity contribution is 5.78. The molecule has 1 saturated carbocycles. The summed E-state index contributed by atoms with van der Waals surface area (Å²) in [6.07, 6.45) is 4.48. The minimum absolute atomic E-state index is 0.241. The zero-order valence-electron chi connectivity index (χ0n) is 11.8. The third-order valence-corrected chi connectivity index (χ3v) is 4.14. The standard InChI is InChI=1S/C14H28N2O/c1-14(2,3)12-7-5-11(6-8-12)13(17)16(4)10-9-15/h11-12H,5-10,15H2,1-4H3. The zero-order valence-corrected chi connectivity index (χ0v) is 11.8. The van der Waals surface area contributed by atoms with Gasteiger partial charge in [0.05, 0.1) is 0 Å². The van der Waals surface area contributed by atoms with Crippen molar-refractivity contribution in [3.05, 3.63) is 0 Å². The Labute approximate surface area is 106 Å². The van der Waals surface area contributed by atoms with Gasteiger partial charge in [0.2, 0.25) is 5.91 Å². The Bertz CT molecular complexity index is 249. The maximum absolute atomic E-state index is 12.1. The molecule has 17 heavy (non-hydrogen) atoms. The van der Waals surface area contributed by atoms with Gasteiger partial charge in [-0.2, -0.15) is 0 Å². The topological polar surface area (TPSA) is 46.3 Å². The predicted molar refractivity (Wildman–Crippen MR) is 71.6 cm³/mol. The fraction of sp³-hybridized carbons (Fsp3) is 0.929. The molecule has 0 aromatic carbocycles. The fourth-order valence-electron chi connectivity index (χ4n) is 2.82. The molecule has 0 aromatic rings. The molecule has 100 valence electrons. The average Bonchev–Trinajstić information content (AvgIpc) is 2.27. The van der Waals surface area contributed by atoms with E-state index in [1.165, 1.54) is 12.8 Å². The summed E-state index contributed by atoms with van der Waals surface area (Å²) in [6.45, 7) is 8.15. The summed E-state index contributed by atoms with van der Waals surface area (Å²) in [5.74, 6) is 1.30. The quantitative estimate of drug-likeness (QED) is 0.822. The number of hydrogen-bond acceptors (Lipinski definition) is 2. The van der Waals surface area contributed by atoms with Crippen LogP contribution in [0.1, 0.15) is 46.5 Å². The fourth-order valence-corrected chi connectivity index (χ4v) is 2.82. The molecule has 0 radical (unpaired) electrons. The molecule has 0 heterocycles. The molecule has 0 unspecified atom stereocenters. The normalized spacial score (nSPS) is 25.7. The van der Waals surface area contributed by atoms with Gasteiger partial charge in [0.1, 0.15) is 0 Å². The lowest BCUT2D eigenvalue weighted by Crippen LogP contribution is -2.38. The van der Waals surface area contributed by atoms with Gasteiger partial charge in [0, 0.05) is 26.1 Å². The Morgan fingerprint density at radius 1 is 1.24 bits per heavy atom. The van der Waals surface area contributed by atoms with Crippen LogP contribution >= 0.6 is 0 Å². The first kappa shape index (κ1) is 14.5. The molecular weight excluding hydrogens is 212 g/mol. The van der Waals surface area contributed by atoms with Crippen molar-refractivity contribution in [1.29, 1.82) is 0 Å². The molecule has 2 N–H and O–H groups in total. The van der Waals surface area contributed by atoms with Crippen LogP contribution in [0.3, 0.4) is 0 Å². The van der Waals surface area contributed by atoms with Crippen LogP contribution in [0.25, 0.3) is 0 Å². The first-order chi connectivity index (χ1) is 7.86. The van der Waals surface area contributed by atoms with E-state index >= 15 is 0 Å². The number of nitrogens with two attached hydrogens (primary N) is 1. The largest absolute Gasteiger partial charge is 0.344 e. The molecular formula is C14H28N2O. The van der Waals surface area contributed by atoms with Crippen LogP contribution in [0, 0.1) is 17.3 Å². The van der Waals surface area contributed by atoms with Crippen LogP contribution in [0.2, 0.25) is 0 Å². The first-order valence-electron chi connectivity index (χ1n) is 6.81. The number of rotatable bonds is 3. The van der Waals surface area contributed by atoms with E-state index in [9.17, 15) is 4.79 Å². The number of likely N-dealkylation sites (N-methyl/N-ethyl adjacent to an activating group) is 1. The molecule has 1 rings (SSSR count). The summed E-state index contributed by atoms with van der Waals surface area (Å²) < 4.78 is 0. The van der Waals surface area contributed by atoms with E-state index in [1.54, 1.807) is 4.90 Å². The number of amides is 1. The Kier molecular flexibility index (Phi) is 4.99. The van der Waals surface area contributed by atoms with E-state index in [1.807, 2.05) is 7.05 Å². The number of carbonyl (C=O) groups is 1. The van der Waals surface area contributed by atoms with Gasteiger partial charge in [0.15, 0.2) is 0 Å². The summed E-state index contributed by atoms with van der Waals surface area (Å²) in [6, 6.07) is 0. The van der Waals surface area contributed by atoms with Gasteiger partial charge in [-0.05, 0) is 37.0 Å². The van der Waals surface area contributed by atoms with E-state index in [0.29, 0.717) is 24.4 Å². The third-order valence-electron chi connectivity index (χ3n) is 4.14. The Morgan fingerprint density at radius 3 is 2.18 bits per heavy atom. The van der Waals surface area contributed by atoms with Crippen molar-refractivity contribution >= 4 is 5.91 Å². The molecule has 3 heteroatoms. The lowest BCUT2D eigenvalue weighted by molar-refractivity contribution is -0.135. The highest BCUT2D eigenvalue weighted by Crippen LogP contribution is 2.40. The summed E-state index contributed by atoms with van der Waals surface area (Å²) in [4.78, 5) is 13.9. The highest BCUT2D eigenvalue weighted by atomic mass is 16.2. The second kappa shape index (κ2) is 5.85. The van der Waals surface area contributed by atoms with Crippen molar-refractivity contribution in [1.82, 2.24) is 4.90 Å². The van der Waals surface area contributed by atoms with Gasteiger partial charge < -0.3 is 10.6 Å². The van der Waals surface area contributed by atoms with Gasteiger partial charge in [-0.3, -0.25) is 4.79 Å². The van der Waals surface area contributed by atoms with Crippen molar-refractivity contribution < 1.29 is 4.79 Å². The number of hydrogen-bond donors (Lipinski definition) is 1. The third kappa shape index (κ3) is 3.98. The molecule has 0 spiro atoms. The van der Waals surface area contributed by atoms with Crippen LogP contribution in [0.5, 0.6) is 0 Å². The SMILES string of the molecule is CN(CCN)C(=O)C1CCC(C(C)(C)C)CC1. The Balaban J connectivity index is 2.44. The lowest BCUT2D eigenvalue weighted by atomic mass is 9.69. The molecule has 3 nitrogen and oxygen atoms in total. The summed E-state index contributed by atoms with van der Waals surface area (Å²) in [7, 11) is 1.87. The minimum Gasteiger partial charge on any atom is -0.344 e. The molecule has 0 aromatic heterocycles. The second-order valence-corrected chi connectivity index (χ2v) is 6.46. The van der Waals surface area contributed by atoms with Crippen molar-refractivity contribution in [2.75, 3.05) is 20.1 Å². The average molecular weight is 240 g/mol. The maximum atomic E-state index is 12.1. The van der Waals surface area contributed by atoms with E-state index in [4.69, 9.17) is 5.73 Å². The van der Waals surface area contributed by atoms with Crippen molar-refractivity contribution in [3.63, 3.8) is 0 Å². The van der Waals surface area contributed by atoms with E-state index in [2.05, 4.69) is 20.8 Å². The number of nitrogens with zero attached hydrogens (tertiary/aromatic N) is 1. The van der Waals surface area contributed by atoms with E-state index in [-0.39, 0.29) is 5.92 Å². The van der Waals surface area contributed by atoms with E-state index in [0.717, 1.165) is 18.8 Å². The van der Waals surface area contributed by atoms with Crippen LogP contribution in [-0.2, 0) is 4.79 Å². The smallest absolute Gasteiger partial charge is 0.225 e. The van der Waals surface area contributed by atoms with Crippen LogP contribution in [-0.4, -0.2) is 30.9 Å². The summed E-state index contributed by atoms with van der Waals surface area (Å²) in [5.41, 5.74) is 5.87. The monoisotopic (exact) mass is 240 g/mol. The van der Waals surface area contributed by atoms with Crippen LogP contribution in [0.4, 0.5) is 0 Å². The van der Waals surface area contributed by atoms with Gasteiger partial charge in [0.25, 0.3) is 0 Å². The first-order valence-corrected chi connectivity index (χ1v) is 6.81. The predicted octanol–water partition coefficient (Wildman–Crippen LogP) is 2.26. The molecule has 1 aliphatic rings. The Hall–Kier alpha value is -0.570. The highest BCUT2D eigenvalue weighted by Gasteiger charge is 2.33.